The third kappa shape index (κ3) is 6.76. The van der Waals surface area contributed by atoms with Crippen molar-refractivity contribution in [2.24, 2.45) is 10.9 Å². The van der Waals surface area contributed by atoms with Crippen molar-refractivity contribution in [3.8, 4) is 0 Å². The molecule has 0 aliphatic carbocycles. The topological polar surface area (TPSA) is 67.1 Å². The summed E-state index contributed by atoms with van der Waals surface area (Å²) >= 11 is 1.82. The molecule has 2 aromatic heterocycles. The Hall–Kier alpha value is -1.16. The number of rotatable bonds is 8. The Morgan fingerprint density at radius 2 is 2.21 bits per heavy atom. The Bertz CT molecular complexity index is 595. The molecule has 2 aromatic rings. The standard InChI is InChI=1S/C16H26N6S.HI/c1-4-17-16(19-11-15-21-20-12-22(15)5-2)18-10-13(3)9-14-7-6-8-23-14;/h6-8,12-13H,4-5,9-11H2,1-3H3,(H2,17,18,19);1H. The first-order chi connectivity index (χ1) is 11.2. The average molecular weight is 462 g/mol. The molecule has 0 saturated heterocycles. The van der Waals surface area contributed by atoms with Crippen molar-refractivity contribution < 1.29 is 0 Å². The van der Waals surface area contributed by atoms with Crippen molar-refractivity contribution in [2.45, 2.75) is 40.3 Å². The molecule has 0 radical (unpaired) electrons. The van der Waals surface area contributed by atoms with Gasteiger partial charge in [0.05, 0.1) is 0 Å². The van der Waals surface area contributed by atoms with Crippen molar-refractivity contribution in [3.05, 3.63) is 34.5 Å². The first-order valence-corrected chi connectivity index (χ1v) is 9.02. The number of aliphatic imine (C=N–C) groups is 1. The summed E-state index contributed by atoms with van der Waals surface area (Å²) in [6, 6.07) is 4.30. The van der Waals surface area contributed by atoms with Gasteiger partial charge < -0.3 is 15.2 Å². The van der Waals surface area contributed by atoms with Crippen LogP contribution >= 0.6 is 35.3 Å². The number of thiophene rings is 1. The number of nitrogens with one attached hydrogen (secondary N) is 2. The van der Waals surface area contributed by atoms with Gasteiger partial charge in [-0.2, -0.15) is 0 Å². The summed E-state index contributed by atoms with van der Waals surface area (Å²) in [6.07, 6.45) is 2.84. The van der Waals surface area contributed by atoms with Crippen LogP contribution in [0.5, 0.6) is 0 Å². The van der Waals surface area contributed by atoms with Crippen LogP contribution in [-0.4, -0.2) is 33.8 Å². The predicted octanol–water partition coefficient (Wildman–Crippen LogP) is 2.91. The largest absolute Gasteiger partial charge is 0.357 e. The molecule has 0 aromatic carbocycles. The van der Waals surface area contributed by atoms with Gasteiger partial charge in [-0.1, -0.05) is 13.0 Å². The highest BCUT2D eigenvalue weighted by molar-refractivity contribution is 14.0. The normalized spacial score (nSPS) is 12.5. The fourth-order valence-electron chi connectivity index (χ4n) is 2.27. The molecule has 0 amide bonds. The zero-order chi connectivity index (χ0) is 16.5. The van der Waals surface area contributed by atoms with E-state index in [0.29, 0.717) is 12.5 Å². The van der Waals surface area contributed by atoms with E-state index in [0.717, 1.165) is 37.8 Å². The van der Waals surface area contributed by atoms with Gasteiger partial charge in [0.25, 0.3) is 0 Å². The fourth-order valence-corrected chi connectivity index (χ4v) is 3.14. The molecule has 134 valence electrons. The second-order valence-corrected chi connectivity index (χ2v) is 6.53. The first-order valence-electron chi connectivity index (χ1n) is 8.14. The third-order valence-electron chi connectivity index (χ3n) is 3.51. The number of aryl methyl sites for hydroxylation is 1. The van der Waals surface area contributed by atoms with Crippen molar-refractivity contribution in [3.63, 3.8) is 0 Å². The van der Waals surface area contributed by atoms with E-state index in [2.05, 4.69) is 64.1 Å². The molecule has 2 rings (SSSR count). The summed E-state index contributed by atoms with van der Waals surface area (Å²) in [5, 5.41) is 16.9. The van der Waals surface area contributed by atoms with Gasteiger partial charge in [-0.15, -0.1) is 45.5 Å². The maximum Gasteiger partial charge on any atom is 0.191 e. The van der Waals surface area contributed by atoms with Crippen LogP contribution in [0.2, 0.25) is 0 Å². The van der Waals surface area contributed by atoms with Crippen LogP contribution < -0.4 is 10.6 Å². The summed E-state index contributed by atoms with van der Waals surface area (Å²) < 4.78 is 2.01. The minimum Gasteiger partial charge on any atom is -0.357 e. The van der Waals surface area contributed by atoms with E-state index in [1.165, 1.54) is 4.88 Å². The van der Waals surface area contributed by atoms with Crippen LogP contribution in [0.1, 0.15) is 31.5 Å². The Labute approximate surface area is 165 Å². The van der Waals surface area contributed by atoms with Crippen molar-refractivity contribution in [1.82, 2.24) is 25.4 Å². The van der Waals surface area contributed by atoms with E-state index in [9.17, 15) is 0 Å². The number of halogens is 1. The third-order valence-corrected chi connectivity index (χ3v) is 4.41. The maximum atomic E-state index is 4.61. The molecule has 0 aliphatic heterocycles. The highest BCUT2D eigenvalue weighted by Gasteiger charge is 2.07. The predicted molar refractivity (Wildman–Crippen MR) is 111 cm³/mol. The second kappa shape index (κ2) is 11.4. The molecule has 0 fully saturated rings. The average Bonchev–Trinajstić information content (AvgIpc) is 3.21. The van der Waals surface area contributed by atoms with Crippen LogP contribution in [0, 0.1) is 5.92 Å². The molecule has 0 spiro atoms. The SMILES string of the molecule is CCNC(=NCc1nncn1CC)NCC(C)Cc1cccs1.I. The molecule has 0 bridgehead atoms. The summed E-state index contributed by atoms with van der Waals surface area (Å²) in [5.74, 6) is 2.27. The molecule has 2 heterocycles. The van der Waals surface area contributed by atoms with Gasteiger partial charge in [0, 0.05) is 24.5 Å². The minimum absolute atomic E-state index is 0. The minimum atomic E-state index is 0. The number of guanidine groups is 1. The van der Waals surface area contributed by atoms with Gasteiger partial charge >= 0.3 is 0 Å². The van der Waals surface area contributed by atoms with Crippen molar-refractivity contribution >= 4 is 41.3 Å². The molecule has 2 N–H and O–H groups in total. The summed E-state index contributed by atoms with van der Waals surface area (Å²) in [6.45, 7) is 9.52. The van der Waals surface area contributed by atoms with E-state index in [-0.39, 0.29) is 24.0 Å². The molecule has 1 unspecified atom stereocenters. The Kier molecular flexibility index (Phi) is 9.92. The Morgan fingerprint density at radius 3 is 2.88 bits per heavy atom. The van der Waals surface area contributed by atoms with Gasteiger partial charge in [0.2, 0.25) is 0 Å². The molecule has 8 heteroatoms. The number of hydrogen-bond donors (Lipinski definition) is 2. The molecule has 6 nitrogen and oxygen atoms in total. The Balaban J connectivity index is 0.00000288. The van der Waals surface area contributed by atoms with Gasteiger partial charge in [0.1, 0.15) is 12.9 Å². The van der Waals surface area contributed by atoms with E-state index < -0.39 is 0 Å². The zero-order valence-electron chi connectivity index (χ0n) is 14.5. The molecular formula is C16H27IN6S. The molecule has 1 atom stereocenters. The maximum absolute atomic E-state index is 4.61. The lowest BCUT2D eigenvalue weighted by Gasteiger charge is -2.15. The fraction of sp³-hybridized carbons (Fsp3) is 0.562. The van der Waals surface area contributed by atoms with Gasteiger partial charge in [-0.05, 0) is 37.6 Å². The monoisotopic (exact) mass is 462 g/mol. The lowest BCUT2D eigenvalue weighted by atomic mass is 10.1. The summed E-state index contributed by atoms with van der Waals surface area (Å²) in [5.41, 5.74) is 0. The second-order valence-electron chi connectivity index (χ2n) is 5.50. The van der Waals surface area contributed by atoms with Gasteiger partial charge in [0.15, 0.2) is 11.8 Å². The smallest absolute Gasteiger partial charge is 0.191 e. The molecule has 0 saturated carbocycles. The number of nitrogens with zero attached hydrogens (tertiary/aromatic N) is 4. The van der Waals surface area contributed by atoms with Crippen LogP contribution in [0.25, 0.3) is 0 Å². The molecular weight excluding hydrogens is 435 g/mol. The van der Waals surface area contributed by atoms with E-state index in [4.69, 9.17) is 0 Å². The number of aromatic nitrogens is 3. The zero-order valence-corrected chi connectivity index (χ0v) is 17.7. The van der Waals surface area contributed by atoms with E-state index in [1.54, 1.807) is 6.33 Å². The highest BCUT2D eigenvalue weighted by Crippen LogP contribution is 2.13. The van der Waals surface area contributed by atoms with E-state index >= 15 is 0 Å². The van der Waals surface area contributed by atoms with Crippen LogP contribution in [-0.2, 0) is 19.5 Å². The number of hydrogen-bond acceptors (Lipinski definition) is 4. The summed E-state index contributed by atoms with van der Waals surface area (Å²) in [7, 11) is 0. The van der Waals surface area contributed by atoms with Crippen LogP contribution in [0.3, 0.4) is 0 Å². The molecule has 0 aliphatic rings. The van der Waals surface area contributed by atoms with Crippen LogP contribution in [0.4, 0.5) is 0 Å². The first kappa shape index (κ1) is 20.9. The quantitative estimate of drug-likeness (QED) is 0.360. The van der Waals surface area contributed by atoms with Crippen LogP contribution in [0.15, 0.2) is 28.8 Å². The lowest BCUT2D eigenvalue weighted by Crippen LogP contribution is -2.39. The molecule has 24 heavy (non-hydrogen) atoms. The Morgan fingerprint density at radius 1 is 1.38 bits per heavy atom. The lowest BCUT2D eigenvalue weighted by molar-refractivity contribution is 0.561. The van der Waals surface area contributed by atoms with Gasteiger partial charge in [-0.3, -0.25) is 0 Å². The summed E-state index contributed by atoms with van der Waals surface area (Å²) in [4.78, 5) is 6.04. The van der Waals surface area contributed by atoms with E-state index in [1.807, 2.05) is 15.9 Å². The van der Waals surface area contributed by atoms with Crippen molar-refractivity contribution in [2.75, 3.05) is 13.1 Å². The van der Waals surface area contributed by atoms with Crippen molar-refractivity contribution in [1.29, 1.82) is 0 Å². The highest BCUT2D eigenvalue weighted by atomic mass is 127. The van der Waals surface area contributed by atoms with Gasteiger partial charge in [-0.25, -0.2) is 4.99 Å².